The SMILES string of the molecule is CC(C)(C)C(=O)N1CCc2cc(NC(=O)C3CCCC3)ccc21. The molecule has 0 atom stereocenters. The Bertz CT molecular complexity index is 625. The van der Waals surface area contributed by atoms with Crippen LogP contribution >= 0.6 is 0 Å². The molecule has 0 spiro atoms. The van der Waals surface area contributed by atoms with Crippen LogP contribution in [0.2, 0.25) is 0 Å². The smallest absolute Gasteiger partial charge is 0.232 e. The van der Waals surface area contributed by atoms with Gasteiger partial charge in [0.25, 0.3) is 0 Å². The van der Waals surface area contributed by atoms with E-state index in [1.54, 1.807) is 0 Å². The van der Waals surface area contributed by atoms with Gasteiger partial charge in [-0.15, -0.1) is 0 Å². The highest BCUT2D eigenvalue weighted by Crippen LogP contribution is 2.34. The van der Waals surface area contributed by atoms with E-state index in [4.69, 9.17) is 0 Å². The van der Waals surface area contributed by atoms with Gasteiger partial charge >= 0.3 is 0 Å². The van der Waals surface area contributed by atoms with Crippen LogP contribution in [0, 0.1) is 11.3 Å². The summed E-state index contributed by atoms with van der Waals surface area (Å²) >= 11 is 0. The van der Waals surface area contributed by atoms with E-state index in [2.05, 4.69) is 5.32 Å². The maximum absolute atomic E-state index is 12.5. The Morgan fingerprint density at radius 3 is 2.52 bits per heavy atom. The molecule has 3 rings (SSSR count). The molecular formula is C19H26N2O2. The molecule has 23 heavy (non-hydrogen) atoms. The Balaban J connectivity index is 1.74. The van der Waals surface area contributed by atoms with Gasteiger partial charge in [-0.25, -0.2) is 0 Å². The lowest BCUT2D eigenvalue weighted by atomic mass is 9.94. The molecule has 0 saturated heterocycles. The topological polar surface area (TPSA) is 49.4 Å². The van der Waals surface area contributed by atoms with Gasteiger partial charge in [0, 0.05) is 29.3 Å². The van der Waals surface area contributed by atoms with Crippen molar-refractivity contribution >= 4 is 23.2 Å². The molecule has 1 saturated carbocycles. The Kier molecular flexibility index (Phi) is 4.17. The third kappa shape index (κ3) is 3.26. The van der Waals surface area contributed by atoms with Crippen molar-refractivity contribution in [2.75, 3.05) is 16.8 Å². The van der Waals surface area contributed by atoms with Crippen LogP contribution in [0.25, 0.3) is 0 Å². The second kappa shape index (κ2) is 5.99. The average Bonchev–Trinajstić information content (AvgIpc) is 3.14. The number of benzene rings is 1. The molecule has 0 radical (unpaired) electrons. The zero-order valence-electron chi connectivity index (χ0n) is 14.3. The number of anilines is 2. The summed E-state index contributed by atoms with van der Waals surface area (Å²) in [6, 6.07) is 5.91. The number of nitrogens with zero attached hydrogens (tertiary/aromatic N) is 1. The number of hydrogen-bond donors (Lipinski definition) is 1. The van der Waals surface area contributed by atoms with Crippen molar-refractivity contribution in [1.29, 1.82) is 0 Å². The number of fused-ring (bicyclic) bond motifs is 1. The average molecular weight is 314 g/mol. The normalized spacial score (nSPS) is 18.1. The molecule has 0 aromatic heterocycles. The lowest BCUT2D eigenvalue weighted by Gasteiger charge is -2.26. The minimum absolute atomic E-state index is 0.142. The molecule has 4 heteroatoms. The quantitative estimate of drug-likeness (QED) is 0.904. The third-order valence-corrected chi connectivity index (χ3v) is 4.86. The molecule has 124 valence electrons. The number of rotatable bonds is 2. The number of carbonyl (C=O) groups is 2. The lowest BCUT2D eigenvalue weighted by Crippen LogP contribution is -2.38. The molecule has 1 heterocycles. The number of amides is 2. The molecular weight excluding hydrogens is 288 g/mol. The van der Waals surface area contributed by atoms with E-state index in [9.17, 15) is 9.59 Å². The Hall–Kier alpha value is -1.84. The molecule has 4 nitrogen and oxygen atoms in total. The summed E-state index contributed by atoms with van der Waals surface area (Å²) in [7, 11) is 0. The predicted molar refractivity (Wildman–Crippen MR) is 92.5 cm³/mol. The first kappa shape index (κ1) is 16.0. The van der Waals surface area contributed by atoms with E-state index < -0.39 is 0 Å². The van der Waals surface area contributed by atoms with E-state index in [-0.39, 0.29) is 23.1 Å². The van der Waals surface area contributed by atoms with Crippen LogP contribution in [0.5, 0.6) is 0 Å². The summed E-state index contributed by atoms with van der Waals surface area (Å²) in [5.41, 5.74) is 2.61. The summed E-state index contributed by atoms with van der Waals surface area (Å²) in [6.45, 7) is 6.57. The van der Waals surface area contributed by atoms with Crippen LogP contribution in [0.15, 0.2) is 18.2 Å². The fourth-order valence-corrected chi connectivity index (χ4v) is 3.53. The first-order valence-electron chi connectivity index (χ1n) is 8.62. The summed E-state index contributed by atoms with van der Waals surface area (Å²) in [4.78, 5) is 26.6. The van der Waals surface area contributed by atoms with E-state index in [1.807, 2.05) is 43.9 Å². The van der Waals surface area contributed by atoms with Crippen molar-refractivity contribution in [3.8, 4) is 0 Å². The summed E-state index contributed by atoms with van der Waals surface area (Å²) in [5.74, 6) is 0.462. The van der Waals surface area contributed by atoms with Crippen molar-refractivity contribution in [2.24, 2.45) is 11.3 Å². The maximum atomic E-state index is 12.5. The van der Waals surface area contributed by atoms with Crippen molar-refractivity contribution in [2.45, 2.75) is 52.9 Å². The number of nitrogens with one attached hydrogen (secondary N) is 1. The fourth-order valence-electron chi connectivity index (χ4n) is 3.53. The molecule has 0 unspecified atom stereocenters. The summed E-state index contributed by atoms with van der Waals surface area (Å²) < 4.78 is 0. The molecule has 1 aromatic rings. The zero-order chi connectivity index (χ0) is 16.6. The highest BCUT2D eigenvalue weighted by Gasteiger charge is 2.32. The molecule has 1 aliphatic carbocycles. The van der Waals surface area contributed by atoms with Gasteiger partial charge in [-0.3, -0.25) is 9.59 Å². The van der Waals surface area contributed by atoms with Gasteiger partial charge in [-0.05, 0) is 43.0 Å². The van der Waals surface area contributed by atoms with Crippen LogP contribution < -0.4 is 10.2 Å². The monoisotopic (exact) mass is 314 g/mol. The van der Waals surface area contributed by atoms with Crippen molar-refractivity contribution in [3.63, 3.8) is 0 Å². The second-order valence-electron chi connectivity index (χ2n) is 7.77. The van der Waals surface area contributed by atoms with Gasteiger partial charge in [-0.2, -0.15) is 0 Å². The Morgan fingerprint density at radius 1 is 1.17 bits per heavy atom. The van der Waals surface area contributed by atoms with Gasteiger partial charge < -0.3 is 10.2 Å². The summed E-state index contributed by atoms with van der Waals surface area (Å²) in [6.07, 6.45) is 5.18. The van der Waals surface area contributed by atoms with Gasteiger partial charge in [-0.1, -0.05) is 33.6 Å². The molecule has 2 aliphatic rings. The zero-order valence-corrected chi connectivity index (χ0v) is 14.3. The predicted octanol–water partition coefficient (Wildman–Crippen LogP) is 3.75. The van der Waals surface area contributed by atoms with E-state index >= 15 is 0 Å². The molecule has 2 amide bonds. The number of carbonyl (C=O) groups excluding carboxylic acids is 2. The van der Waals surface area contributed by atoms with E-state index in [0.717, 1.165) is 55.6 Å². The fraction of sp³-hybridized carbons (Fsp3) is 0.579. The van der Waals surface area contributed by atoms with E-state index in [1.165, 1.54) is 0 Å². The largest absolute Gasteiger partial charge is 0.326 e. The van der Waals surface area contributed by atoms with Crippen LogP contribution in [-0.4, -0.2) is 18.4 Å². The lowest BCUT2D eigenvalue weighted by molar-refractivity contribution is -0.125. The van der Waals surface area contributed by atoms with Gasteiger partial charge in [0.15, 0.2) is 0 Å². The van der Waals surface area contributed by atoms with Crippen LogP contribution in [-0.2, 0) is 16.0 Å². The van der Waals surface area contributed by atoms with Gasteiger partial charge in [0.2, 0.25) is 11.8 Å². The minimum atomic E-state index is -0.378. The Morgan fingerprint density at radius 2 is 1.87 bits per heavy atom. The standard InChI is InChI=1S/C19H26N2O2/c1-19(2,3)18(23)21-11-10-14-12-15(8-9-16(14)21)20-17(22)13-6-4-5-7-13/h8-9,12-13H,4-7,10-11H2,1-3H3,(H,20,22). The molecule has 1 aliphatic heterocycles. The molecule has 1 aromatic carbocycles. The minimum Gasteiger partial charge on any atom is -0.326 e. The van der Waals surface area contributed by atoms with Gasteiger partial charge in [0.05, 0.1) is 0 Å². The highest BCUT2D eigenvalue weighted by atomic mass is 16.2. The number of hydrogen-bond acceptors (Lipinski definition) is 2. The van der Waals surface area contributed by atoms with Crippen molar-refractivity contribution in [1.82, 2.24) is 0 Å². The van der Waals surface area contributed by atoms with Crippen molar-refractivity contribution in [3.05, 3.63) is 23.8 Å². The van der Waals surface area contributed by atoms with Crippen LogP contribution in [0.4, 0.5) is 11.4 Å². The van der Waals surface area contributed by atoms with Crippen molar-refractivity contribution < 1.29 is 9.59 Å². The van der Waals surface area contributed by atoms with Gasteiger partial charge in [0.1, 0.15) is 0 Å². The molecule has 1 N–H and O–H groups in total. The van der Waals surface area contributed by atoms with Crippen LogP contribution in [0.3, 0.4) is 0 Å². The first-order valence-corrected chi connectivity index (χ1v) is 8.62. The molecule has 1 fully saturated rings. The maximum Gasteiger partial charge on any atom is 0.232 e. The van der Waals surface area contributed by atoms with Crippen LogP contribution in [0.1, 0.15) is 52.0 Å². The Labute approximate surface area is 138 Å². The van der Waals surface area contributed by atoms with E-state index in [0.29, 0.717) is 0 Å². The summed E-state index contributed by atoms with van der Waals surface area (Å²) in [5, 5.41) is 3.05. The third-order valence-electron chi connectivity index (χ3n) is 4.86. The molecule has 0 bridgehead atoms. The second-order valence-corrected chi connectivity index (χ2v) is 7.77. The first-order chi connectivity index (χ1) is 10.9. The highest BCUT2D eigenvalue weighted by molar-refractivity contribution is 5.99.